The second-order valence-electron chi connectivity index (χ2n) is 6.20. The Morgan fingerprint density at radius 3 is 2.08 bits per heavy atom. The van der Waals surface area contributed by atoms with E-state index in [9.17, 15) is 9.59 Å². The number of carbonyl (C=O) groups is 2. The number of carbonyl (C=O) groups excluding carboxylic acids is 2. The molecule has 1 fully saturated rings. The first-order chi connectivity index (χ1) is 12.0. The normalized spacial score (nSPS) is 15.0. The van der Waals surface area contributed by atoms with Crippen LogP contribution in [0.2, 0.25) is 5.02 Å². The molecule has 1 amide bonds. The molecule has 25 heavy (non-hydrogen) atoms. The molecule has 0 N–H and O–H groups in total. The van der Waals surface area contributed by atoms with Gasteiger partial charge in [-0.25, -0.2) is 0 Å². The van der Waals surface area contributed by atoms with Crippen LogP contribution in [0.4, 0.5) is 0 Å². The summed E-state index contributed by atoms with van der Waals surface area (Å²) in [6.07, 6.45) is 1.69. The van der Waals surface area contributed by atoms with Crippen molar-refractivity contribution in [2.45, 2.75) is 25.9 Å². The number of Topliss-reactive ketones (excluding diaryl/α,β-unsaturated/α-hetero) is 1. The van der Waals surface area contributed by atoms with E-state index in [1.807, 2.05) is 17.0 Å². The van der Waals surface area contributed by atoms with E-state index < -0.39 is 0 Å². The van der Waals surface area contributed by atoms with Crippen LogP contribution in [0.5, 0.6) is 5.75 Å². The summed E-state index contributed by atoms with van der Waals surface area (Å²) in [5, 5.41) is 0.684. The summed E-state index contributed by atoms with van der Waals surface area (Å²) >= 11 is 5.88. The monoisotopic (exact) mass is 357 g/mol. The summed E-state index contributed by atoms with van der Waals surface area (Å²) in [6, 6.07) is 14.2. The van der Waals surface area contributed by atoms with E-state index in [2.05, 4.69) is 0 Å². The Hall–Kier alpha value is -2.33. The van der Waals surface area contributed by atoms with Gasteiger partial charge in [0.1, 0.15) is 11.9 Å². The number of benzene rings is 2. The maximum absolute atomic E-state index is 12.6. The number of hydrogen-bond acceptors (Lipinski definition) is 3. The Balaban J connectivity index is 1.55. The quantitative estimate of drug-likeness (QED) is 0.769. The lowest BCUT2D eigenvalue weighted by Gasteiger charge is -2.32. The average molecular weight is 358 g/mol. The van der Waals surface area contributed by atoms with E-state index in [0.717, 1.165) is 18.6 Å². The van der Waals surface area contributed by atoms with Crippen molar-refractivity contribution in [1.29, 1.82) is 0 Å². The number of halogens is 1. The molecule has 5 heteroatoms. The molecule has 1 saturated heterocycles. The summed E-state index contributed by atoms with van der Waals surface area (Å²) in [7, 11) is 0. The van der Waals surface area contributed by atoms with Crippen molar-refractivity contribution in [2.75, 3.05) is 13.1 Å². The van der Waals surface area contributed by atoms with Crippen LogP contribution in [0, 0.1) is 0 Å². The third kappa shape index (κ3) is 4.40. The number of amides is 1. The highest BCUT2D eigenvalue weighted by Gasteiger charge is 2.24. The topological polar surface area (TPSA) is 46.6 Å². The lowest BCUT2D eigenvalue weighted by Crippen LogP contribution is -2.41. The number of hydrogen-bond donors (Lipinski definition) is 0. The highest BCUT2D eigenvalue weighted by molar-refractivity contribution is 6.30. The lowest BCUT2D eigenvalue weighted by molar-refractivity contribution is 0.0595. The van der Waals surface area contributed by atoms with Gasteiger partial charge in [0.25, 0.3) is 5.91 Å². The standard InChI is InChI=1S/C20H20ClNO3/c1-14(23)15-2-4-16(5-3-15)20(24)22-12-10-19(11-13-22)25-18-8-6-17(21)7-9-18/h2-9,19H,10-13H2,1H3. The molecule has 2 aromatic rings. The third-order valence-electron chi connectivity index (χ3n) is 4.38. The summed E-state index contributed by atoms with van der Waals surface area (Å²) in [5.41, 5.74) is 1.23. The molecule has 130 valence electrons. The Morgan fingerprint density at radius 2 is 1.52 bits per heavy atom. The van der Waals surface area contributed by atoms with Crippen LogP contribution in [0.25, 0.3) is 0 Å². The Labute approximate surface area is 152 Å². The van der Waals surface area contributed by atoms with Gasteiger partial charge in [0, 0.05) is 42.1 Å². The van der Waals surface area contributed by atoms with Gasteiger partial charge in [0.2, 0.25) is 0 Å². The molecule has 0 aliphatic carbocycles. The number of nitrogens with zero attached hydrogens (tertiary/aromatic N) is 1. The fourth-order valence-electron chi connectivity index (χ4n) is 2.91. The minimum atomic E-state index is -0.000776. The number of piperidine rings is 1. The van der Waals surface area contributed by atoms with Gasteiger partial charge < -0.3 is 9.64 Å². The molecule has 1 aliphatic heterocycles. The number of rotatable bonds is 4. The van der Waals surface area contributed by atoms with E-state index in [-0.39, 0.29) is 17.8 Å². The van der Waals surface area contributed by atoms with Crippen LogP contribution in [0.3, 0.4) is 0 Å². The second kappa shape index (κ2) is 7.70. The van der Waals surface area contributed by atoms with Crippen LogP contribution in [0.15, 0.2) is 48.5 Å². The van der Waals surface area contributed by atoms with Gasteiger partial charge in [-0.2, -0.15) is 0 Å². The molecule has 2 aromatic carbocycles. The molecule has 1 aliphatic rings. The number of likely N-dealkylation sites (tertiary alicyclic amines) is 1. The smallest absolute Gasteiger partial charge is 0.253 e. The predicted molar refractivity (Wildman–Crippen MR) is 97.5 cm³/mol. The van der Waals surface area contributed by atoms with E-state index >= 15 is 0 Å². The molecular formula is C20H20ClNO3. The van der Waals surface area contributed by atoms with Crippen molar-refractivity contribution in [3.05, 3.63) is 64.7 Å². The molecule has 3 rings (SSSR count). The van der Waals surface area contributed by atoms with Crippen molar-refractivity contribution in [2.24, 2.45) is 0 Å². The van der Waals surface area contributed by atoms with Crippen molar-refractivity contribution >= 4 is 23.3 Å². The first kappa shape index (κ1) is 17.5. The largest absolute Gasteiger partial charge is 0.490 e. The van der Waals surface area contributed by atoms with E-state index in [1.54, 1.807) is 36.4 Å². The Bertz CT molecular complexity index is 748. The molecule has 0 aromatic heterocycles. The zero-order chi connectivity index (χ0) is 17.8. The Kier molecular flexibility index (Phi) is 5.39. The van der Waals surface area contributed by atoms with Gasteiger partial charge in [0.15, 0.2) is 5.78 Å². The fraction of sp³-hybridized carbons (Fsp3) is 0.300. The van der Waals surface area contributed by atoms with Crippen molar-refractivity contribution in [3.63, 3.8) is 0 Å². The highest BCUT2D eigenvalue weighted by Crippen LogP contribution is 2.22. The van der Waals surface area contributed by atoms with Crippen molar-refractivity contribution in [3.8, 4) is 5.75 Å². The molecule has 0 spiro atoms. The first-order valence-electron chi connectivity index (χ1n) is 8.35. The highest BCUT2D eigenvalue weighted by atomic mass is 35.5. The zero-order valence-corrected chi connectivity index (χ0v) is 14.8. The summed E-state index contributed by atoms with van der Waals surface area (Å²) in [5.74, 6) is 0.799. The van der Waals surface area contributed by atoms with Gasteiger partial charge in [-0.3, -0.25) is 9.59 Å². The summed E-state index contributed by atoms with van der Waals surface area (Å²) in [6.45, 7) is 2.83. The fourth-order valence-corrected chi connectivity index (χ4v) is 3.04. The van der Waals surface area contributed by atoms with Gasteiger partial charge in [0.05, 0.1) is 0 Å². The van der Waals surface area contributed by atoms with Crippen molar-refractivity contribution < 1.29 is 14.3 Å². The summed E-state index contributed by atoms with van der Waals surface area (Å²) in [4.78, 5) is 25.7. The molecule has 0 radical (unpaired) electrons. The second-order valence-corrected chi connectivity index (χ2v) is 6.63. The van der Waals surface area contributed by atoms with Gasteiger partial charge in [-0.1, -0.05) is 23.7 Å². The van der Waals surface area contributed by atoms with Crippen LogP contribution in [-0.2, 0) is 0 Å². The van der Waals surface area contributed by atoms with E-state index in [4.69, 9.17) is 16.3 Å². The lowest BCUT2D eigenvalue weighted by atomic mass is 10.0. The molecule has 0 unspecified atom stereocenters. The van der Waals surface area contributed by atoms with E-state index in [1.165, 1.54) is 6.92 Å². The van der Waals surface area contributed by atoms with Crippen LogP contribution < -0.4 is 4.74 Å². The predicted octanol–water partition coefficient (Wildman–Crippen LogP) is 4.23. The Morgan fingerprint density at radius 1 is 0.960 bits per heavy atom. The molecule has 4 nitrogen and oxygen atoms in total. The maximum Gasteiger partial charge on any atom is 0.253 e. The first-order valence-corrected chi connectivity index (χ1v) is 8.73. The molecule has 0 saturated carbocycles. The third-order valence-corrected chi connectivity index (χ3v) is 4.64. The summed E-state index contributed by atoms with van der Waals surface area (Å²) < 4.78 is 5.95. The van der Waals surface area contributed by atoms with Crippen LogP contribution in [0.1, 0.15) is 40.5 Å². The molecule has 0 atom stereocenters. The van der Waals surface area contributed by atoms with Crippen LogP contribution in [-0.4, -0.2) is 35.8 Å². The SMILES string of the molecule is CC(=O)c1ccc(C(=O)N2CCC(Oc3ccc(Cl)cc3)CC2)cc1. The van der Waals surface area contributed by atoms with Gasteiger partial charge in [-0.15, -0.1) is 0 Å². The molecule has 1 heterocycles. The maximum atomic E-state index is 12.6. The van der Waals surface area contributed by atoms with Crippen LogP contribution >= 0.6 is 11.6 Å². The average Bonchev–Trinajstić information content (AvgIpc) is 2.64. The number of ketones is 1. The van der Waals surface area contributed by atoms with E-state index in [0.29, 0.717) is 29.2 Å². The van der Waals surface area contributed by atoms with Gasteiger partial charge >= 0.3 is 0 Å². The molecule has 0 bridgehead atoms. The number of ether oxygens (including phenoxy) is 1. The zero-order valence-electron chi connectivity index (χ0n) is 14.1. The molecular weight excluding hydrogens is 338 g/mol. The minimum absolute atomic E-state index is 0.0000416. The van der Waals surface area contributed by atoms with Gasteiger partial charge in [-0.05, 0) is 43.3 Å². The minimum Gasteiger partial charge on any atom is -0.490 e. The van der Waals surface area contributed by atoms with Crippen molar-refractivity contribution in [1.82, 2.24) is 4.90 Å².